The molecule has 0 amide bonds. The van der Waals surface area contributed by atoms with E-state index in [1.54, 1.807) is 0 Å². The number of fused-ring (bicyclic) bond motifs is 3. The Balaban J connectivity index is 1.57. The Labute approximate surface area is 235 Å². The number of aryl methyl sites for hydroxylation is 2. The van der Waals surface area contributed by atoms with Crippen LogP contribution < -0.4 is 10.4 Å². The smallest absolute Gasteiger partial charge is 0.193 e. The molecule has 4 aromatic carbocycles. The Morgan fingerprint density at radius 3 is 1.42 bits per heavy atom. The number of benzene rings is 4. The summed E-state index contributed by atoms with van der Waals surface area (Å²) in [5, 5.41) is 2.72. The Hall–Kier alpha value is -1.81. The molecule has 2 unspecified atom stereocenters. The molecule has 1 aliphatic carbocycles. The molecule has 0 aliphatic heterocycles. The lowest BCUT2D eigenvalue weighted by molar-refractivity contribution is 0.0591. The van der Waals surface area contributed by atoms with Gasteiger partial charge in [-0.15, -0.1) is 0 Å². The van der Waals surface area contributed by atoms with E-state index < -0.39 is 19.5 Å². The molecule has 0 N–H and O–H groups in total. The summed E-state index contributed by atoms with van der Waals surface area (Å²) in [5.74, 6) is 0. The molecule has 0 saturated heterocycles. The third kappa shape index (κ3) is 5.12. The molecular formula is C30H30Br2O2Si2. The molecule has 0 heterocycles. The van der Waals surface area contributed by atoms with Crippen LogP contribution in [0.15, 0.2) is 81.7 Å². The highest BCUT2D eigenvalue weighted by atomic mass is 79.9. The average molecular weight is 639 g/mol. The topological polar surface area (TPSA) is 18.5 Å². The van der Waals surface area contributed by atoms with Gasteiger partial charge in [0.25, 0.3) is 0 Å². The van der Waals surface area contributed by atoms with Gasteiger partial charge in [-0.05, 0) is 107 Å². The fraction of sp³-hybridized carbons (Fsp3) is 0.200. The van der Waals surface area contributed by atoms with Gasteiger partial charge in [-0.1, -0.05) is 80.4 Å². The summed E-state index contributed by atoms with van der Waals surface area (Å²) in [5.41, 5.74) is 10.2. The third-order valence-corrected chi connectivity index (χ3v) is 11.7. The van der Waals surface area contributed by atoms with Crippen molar-refractivity contribution < 1.29 is 8.85 Å². The van der Waals surface area contributed by atoms with Crippen LogP contribution in [0.1, 0.15) is 45.6 Å². The minimum Gasteiger partial charge on any atom is -0.409 e. The summed E-state index contributed by atoms with van der Waals surface area (Å²) >= 11 is 7.43. The van der Waals surface area contributed by atoms with E-state index in [0.717, 1.165) is 8.95 Å². The van der Waals surface area contributed by atoms with Crippen LogP contribution in [0.25, 0.3) is 11.1 Å². The van der Waals surface area contributed by atoms with Gasteiger partial charge in [0.1, 0.15) is 12.2 Å². The molecule has 2 nitrogen and oxygen atoms in total. The second-order valence-electron chi connectivity index (χ2n) is 9.64. The maximum absolute atomic E-state index is 6.94. The SMILES string of the molecule is Cc1cccc([SiH2]OC2c3cc(Br)ccc3-c3ccc(Br)cc3C2O[SiH2]c2cccc(C)c2C)c1C. The Morgan fingerprint density at radius 2 is 1.00 bits per heavy atom. The fourth-order valence-corrected chi connectivity index (χ4v) is 8.64. The van der Waals surface area contributed by atoms with Gasteiger partial charge >= 0.3 is 0 Å². The van der Waals surface area contributed by atoms with Crippen LogP contribution in [0.4, 0.5) is 0 Å². The van der Waals surface area contributed by atoms with Crippen molar-refractivity contribution in [2.24, 2.45) is 0 Å². The van der Waals surface area contributed by atoms with E-state index in [0.29, 0.717) is 0 Å². The lowest BCUT2D eigenvalue weighted by atomic mass is 9.82. The number of halogens is 2. The second kappa shape index (κ2) is 10.9. The first-order valence-corrected chi connectivity index (χ1v) is 16.4. The molecule has 184 valence electrons. The van der Waals surface area contributed by atoms with Gasteiger partial charge in [-0.25, -0.2) is 0 Å². The van der Waals surface area contributed by atoms with Crippen molar-refractivity contribution in [2.45, 2.75) is 39.9 Å². The minimum absolute atomic E-state index is 0.150. The molecular weight excluding hydrogens is 608 g/mol. The van der Waals surface area contributed by atoms with Crippen molar-refractivity contribution in [3.05, 3.63) is 115 Å². The van der Waals surface area contributed by atoms with E-state index in [4.69, 9.17) is 8.85 Å². The van der Waals surface area contributed by atoms with Gasteiger partial charge in [-0.3, -0.25) is 0 Å². The molecule has 0 aromatic heterocycles. The average Bonchev–Trinajstić information content (AvgIpc) is 2.86. The Morgan fingerprint density at radius 1 is 0.583 bits per heavy atom. The lowest BCUT2D eigenvalue weighted by Gasteiger charge is -2.36. The predicted octanol–water partition coefficient (Wildman–Crippen LogP) is 6.06. The van der Waals surface area contributed by atoms with Crippen LogP contribution >= 0.6 is 31.9 Å². The first kappa shape index (κ1) is 25.8. The first-order valence-electron chi connectivity index (χ1n) is 12.3. The van der Waals surface area contributed by atoms with Gasteiger partial charge in [0.2, 0.25) is 0 Å². The van der Waals surface area contributed by atoms with Crippen molar-refractivity contribution in [2.75, 3.05) is 0 Å². The molecule has 1 aliphatic rings. The molecule has 5 rings (SSSR count). The highest BCUT2D eigenvalue weighted by Crippen LogP contribution is 2.49. The van der Waals surface area contributed by atoms with E-state index in [1.807, 2.05) is 0 Å². The molecule has 0 radical (unpaired) electrons. The first-order chi connectivity index (χ1) is 17.3. The number of rotatable bonds is 6. The van der Waals surface area contributed by atoms with E-state index >= 15 is 0 Å². The zero-order valence-electron chi connectivity index (χ0n) is 21.1. The zero-order chi connectivity index (χ0) is 25.4. The van der Waals surface area contributed by atoms with Crippen molar-refractivity contribution in [3.63, 3.8) is 0 Å². The van der Waals surface area contributed by atoms with E-state index in [-0.39, 0.29) is 12.2 Å². The van der Waals surface area contributed by atoms with Crippen LogP contribution in [-0.2, 0) is 8.85 Å². The molecule has 6 heteroatoms. The van der Waals surface area contributed by atoms with Gasteiger partial charge in [-0.2, -0.15) is 0 Å². The van der Waals surface area contributed by atoms with Crippen LogP contribution in [-0.4, -0.2) is 19.5 Å². The monoisotopic (exact) mass is 636 g/mol. The molecule has 2 atom stereocenters. The van der Waals surface area contributed by atoms with Gasteiger partial charge in [0.15, 0.2) is 19.5 Å². The summed E-state index contributed by atoms with van der Waals surface area (Å²) in [4.78, 5) is 0. The minimum atomic E-state index is -0.986. The van der Waals surface area contributed by atoms with Crippen LogP contribution in [0.5, 0.6) is 0 Å². The lowest BCUT2D eigenvalue weighted by Crippen LogP contribution is -2.32. The molecule has 36 heavy (non-hydrogen) atoms. The van der Waals surface area contributed by atoms with E-state index in [1.165, 1.54) is 54.9 Å². The summed E-state index contributed by atoms with van der Waals surface area (Å²) in [6, 6.07) is 26.2. The zero-order valence-corrected chi connectivity index (χ0v) is 27.1. The van der Waals surface area contributed by atoms with E-state index in [9.17, 15) is 0 Å². The van der Waals surface area contributed by atoms with Gasteiger partial charge < -0.3 is 8.85 Å². The quantitative estimate of drug-likeness (QED) is 0.239. The molecule has 0 bridgehead atoms. The maximum Gasteiger partial charge on any atom is 0.193 e. The molecule has 4 aromatic rings. The van der Waals surface area contributed by atoms with Gasteiger partial charge in [0.05, 0.1) is 0 Å². The number of hydrogen-bond acceptors (Lipinski definition) is 2. The molecule has 0 spiro atoms. The summed E-state index contributed by atoms with van der Waals surface area (Å²) in [6.45, 7) is 8.77. The maximum atomic E-state index is 6.94. The fourth-order valence-electron chi connectivity index (χ4n) is 5.00. The summed E-state index contributed by atoms with van der Waals surface area (Å²) in [7, 11) is -1.97. The highest BCUT2D eigenvalue weighted by Gasteiger charge is 2.35. The largest absolute Gasteiger partial charge is 0.409 e. The van der Waals surface area contributed by atoms with Crippen molar-refractivity contribution in [3.8, 4) is 11.1 Å². The second-order valence-corrected chi connectivity index (χ2v) is 14.2. The molecule has 0 saturated carbocycles. The normalized spacial score (nSPS) is 17.2. The standard InChI is InChI=1S/C30H30Br2O2Si2/c1-17-7-5-9-27(19(17)3)35-33-29-25-15-21(31)11-13-23(25)24-14-12-22(32)16-26(24)30(29)34-36-28-10-6-8-18(2)20(28)4/h5-16,29-30H,35-36H2,1-4H3. The van der Waals surface area contributed by atoms with E-state index in [2.05, 4.69) is 132 Å². The summed E-state index contributed by atoms with van der Waals surface area (Å²) in [6.07, 6.45) is -0.299. The Kier molecular flexibility index (Phi) is 7.82. The summed E-state index contributed by atoms with van der Waals surface area (Å²) < 4.78 is 16.0. The third-order valence-electron chi connectivity index (χ3n) is 7.48. The van der Waals surface area contributed by atoms with Crippen LogP contribution in [0, 0.1) is 27.7 Å². The van der Waals surface area contributed by atoms with Crippen LogP contribution in [0.2, 0.25) is 0 Å². The number of hydrogen-bond donors (Lipinski definition) is 0. The highest BCUT2D eigenvalue weighted by molar-refractivity contribution is 9.10. The van der Waals surface area contributed by atoms with Crippen LogP contribution in [0.3, 0.4) is 0 Å². The molecule has 0 fully saturated rings. The van der Waals surface area contributed by atoms with Crippen molar-refractivity contribution in [1.82, 2.24) is 0 Å². The van der Waals surface area contributed by atoms with Crippen molar-refractivity contribution in [1.29, 1.82) is 0 Å². The van der Waals surface area contributed by atoms with Crippen molar-refractivity contribution >= 4 is 61.8 Å². The predicted molar refractivity (Wildman–Crippen MR) is 163 cm³/mol. The Bertz CT molecular complexity index is 1330. The van der Waals surface area contributed by atoms with Gasteiger partial charge in [0, 0.05) is 8.95 Å².